The Hall–Kier alpha value is -0.570. The third-order valence-corrected chi connectivity index (χ3v) is 4.29. The molecule has 1 saturated carbocycles. The minimum atomic E-state index is 0.228. The van der Waals surface area contributed by atoms with Crippen molar-refractivity contribution in [3.05, 3.63) is 0 Å². The van der Waals surface area contributed by atoms with Crippen LogP contribution in [-0.4, -0.2) is 19.0 Å². The van der Waals surface area contributed by atoms with Crippen LogP contribution in [0.3, 0.4) is 0 Å². The highest BCUT2D eigenvalue weighted by Crippen LogP contribution is 2.37. The fourth-order valence-corrected chi connectivity index (χ4v) is 3.12. The summed E-state index contributed by atoms with van der Waals surface area (Å²) in [5.74, 6) is 2.37. The predicted octanol–water partition coefficient (Wildman–Crippen LogP) is 2.55. The van der Waals surface area contributed by atoms with Crippen LogP contribution in [0.1, 0.15) is 52.9 Å². The maximum atomic E-state index is 12.3. The topological polar surface area (TPSA) is 55.1 Å². The van der Waals surface area contributed by atoms with Gasteiger partial charge >= 0.3 is 0 Å². The van der Waals surface area contributed by atoms with Crippen LogP contribution in [0, 0.1) is 23.7 Å². The van der Waals surface area contributed by atoms with E-state index >= 15 is 0 Å². The predicted molar refractivity (Wildman–Crippen MR) is 76.1 cm³/mol. The van der Waals surface area contributed by atoms with Gasteiger partial charge in [0.1, 0.15) is 0 Å². The Morgan fingerprint density at radius 3 is 2.67 bits per heavy atom. The highest BCUT2D eigenvalue weighted by atomic mass is 16.1. The average molecular weight is 254 g/mol. The zero-order valence-electron chi connectivity index (χ0n) is 12.2. The minimum Gasteiger partial charge on any atom is -0.356 e. The van der Waals surface area contributed by atoms with E-state index in [0.29, 0.717) is 24.3 Å². The van der Waals surface area contributed by atoms with Gasteiger partial charge in [0, 0.05) is 12.5 Å². The molecule has 3 nitrogen and oxygen atoms in total. The molecular weight excluding hydrogens is 224 g/mol. The molecule has 1 amide bonds. The molecule has 106 valence electrons. The van der Waals surface area contributed by atoms with Gasteiger partial charge < -0.3 is 11.1 Å². The molecule has 0 bridgehead atoms. The van der Waals surface area contributed by atoms with E-state index in [0.717, 1.165) is 25.8 Å². The Labute approximate surface area is 112 Å². The second kappa shape index (κ2) is 7.78. The van der Waals surface area contributed by atoms with Crippen LogP contribution in [0.5, 0.6) is 0 Å². The number of hydrogen-bond acceptors (Lipinski definition) is 2. The van der Waals surface area contributed by atoms with Gasteiger partial charge in [0.25, 0.3) is 0 Å². The summed E-state index contributed by atoms with van der Waals surface area (Å²) in [7, 11) is 0. The van der Waals surface area contributed by atoms with Crippen LogP contribution >= 0.6 is 0 Å². The molecule has 3 heteroatoms. The maximum Gasteiger partial charge on any atom is 0.223 e. The fourth-order valence-electron chi connectivity index (χ4n) is 3.12. The largest absolute Gasteiger partial charge is 0.356 e. The van der Waals surface area contributed by atoms with E-state index in [-0.39, 0.29) is 11.8 Å². The van der Waals surface area contributed by atoms with Crippen molar-refractivity contribution < 1.29 is 4.79 Å². The van der Waals surface area contributed by atoms with Crippen LogP contribution in [0.15, 0.2) is 0 Å². The number of nitrogens with one attached hydrogen (secondary N) is 1. The summed E-state index contributed by atoms with van der Waals surface area (Å²) < 4.78 is 0. The fraction of sp³-hybridized carbons (Fsp3) is 0.933. The summed E-state index contributed by atoms with van der Waals surface area (Å²) in [6.45, 7) is 8.26. The molecule has 0 saturated heterocycles. The molecule has 0 aliphatic heterocycles. The number of amides is 1. The molecule has 0 radical (unpaired) electrons. The van der Waals surface area contributed by atoms with Gasteiger partial charge in [-0.1, -0.05) is 27.2 Å². The van der Waals surface area contributed by atoms with Crippen molar-refractivity contribution in [3.8, 4) is 0 Å². The summed E-state index contributed by atoms with van der Waals surface area (Å²) in [4.78, 5) is 12.3. The standard InChI is InChI=1S/C15H30N2O/c1-11(2)13-7-6-12(3)10-14(13)15(18)17-9-5-4-8-16/h11-14H,4-10,16H2,1-3H3,(H,17,18). The van der Waals surface area contributed by atoms with Gasteiger partial charge in [0.2, 0.25) is 5.91 Å². The Bertz CT molecular complexity index is 253. The van der Waals surface area contributed by atoms with Crippen molar-refractivity contribution in [2.75, 3.05) is 13.1 Å². The van der Waals surface area contributed by atoms with E-state index in [9.17, 15) is 4.79 Å². The summed E-state index contributed by atoms with van der Waals surface area (Å²) >= 11 is 0. The van der Waals surface area contributed by atoms with Crippen molar-refractivity contribution in [2.45, 2.75) is 52.9 Å². The quantitative estimate of drug-likeness (QED) is 0.716. The van der Waals surface area contributed by atoms with Crippen molar-refractivity contribution in [1.29, 1.82) is 0 Å². The third-order valence-electron chi connectivity index (χ3n) is 4.29. The monoisotopic (exact) mass is 254 g/mol. The molecule has 3 N–H and O–H groups in total. The van der Waals surface area contributed by atoms with Crippen LogP contribution in [0.25, 0.3) is 0 Å². The Kier molecular flexibility index (Phi) is 6.69. The second-order valence-electron chi connectivity index (χ2n) is 6.22. The molecule has 1 rings (SSSR count). The van der Waals surface area contributed by atoms with Gasteiger partial charge in [0.05, 0.1) is 0 Å². The lowest BCUT2D eigenvalue weighted by molar-refractivity contribution is -0.129. The Morgan fingerprint density at radius 1 is 1.33 bits per heavy atom. The molecular formula is C15H30N2O. The molecule has 3 unspecified atom stereocenters. The molecule has 0 aromatic rings. The van der Waals surface area contributed by atoms with Crippen LogP contribution in [0.2, 0.25) is 0 Å². The van der Waals surface area contributed by atoms with Gasteiger partial charge in [-0.25, -0.2) is 0 Å². The van der Waals surface area contributed by atoms with Crippen LogP contribution < -0.4 is 11.1 Å². The van der Waals surface area contributed by atoms with E-state index in [2.05, 4.69) is 26.1 Å². The molecule has 0 aromatic carbocycles. The molecule has 0 aromatic heterocycles. The summed E-state index contributed by atoms with van der Waals surface area (Å²) in [6.07, 6.45) is 5.54. The maximum absolute atomic E-state index is 12.3. The summed E-state index contributed by atoms with van der Waals surface area (Å²) in [5, 5.41) is 3.10. The number of nitrogens with two attached hydrogens (primary N) is 1. The lowest BCUT2D eigenvalue weighted by Gasteiger charge is -2.36. The first-order valence-electron chi connectivity index (χ1n) is 7.54. The lowest BCUT2D eigenvalue weighted by Crippen LogP contribution is -2.40. The normalized spacial score (nSPS) is 28.4. The molecule has 1 aliphatic rings. The van der Waals surface area contributed by atoms with Crippen LogP contribution in [-0.2, 0) is 4.79 Å². The summed E-state index contributed by atoms with van der Waals surface area (Å²) in [6, 6.07) is 0. The van der Waals surface area contributed by atoms with E-state index in [1.165, 1.54) is 12.8 Å². The first kappa shape index (κ1) is 15.5. The van der Waals surface area contributed by atoms with Crippen molar-refractivity contribution in [3.63, 3.8) is 0 Å². The summed E-state index contributed by atoms with van der Waals surface area (Å²) in [5.41, 5.74) is 5.46. The number of carbonyl (C=O) groups excluding carboxylic acids is 1. The van der Waals surface area contributed by atoms with E-state index < -0.39 is 0 Å². The molecule has 18 heavy (non-hydrogen) atoms. The molecule has 1 aliphatic carbocycles. The minimum absolute atomic E-state index is 0.228. The molecule has 3 atom stereocenters. The SMILES string of the molecule is CC1CCC(C(C)C)C(C(=O)NCCCCN)C1. The molecule has 0 spiro atoms. The van der Waals surface area contributed by atoms with Crippen molar-refractivity contribution >= 4 is 5.91 Å². The number of hydrogen-bond donors (Lipinski definition) is 2. The Morgan fingerprint density at radius 2 is 2.06 bits per heavy atom. The Balaban J connectivity index is 2.45. The zero-order valence-corrected chi connectivity index (χ0v) is 12.2. The zero-order chi connectivity index (χ0) is 13.5. The highest BCUT2D eigenvalue weighted by Gasteiger charge is 2.34. The molecule has 0 heterocycles. The van der Waals surface area contributed by atoms with Crippen molar-refractivity contribution in [1.82, 2.24) is 5.32 Å². The first-order chi connectivity index (χ1) is 8.56. The van der Waals surface area contributed by atoms with E-state index in [4.69, 9.17) is 5.73 Å². The number of unbranched alkanes of at least 4 members (excludes halogenated alkanes) is 1. The van der Waals surface area contributed by atoms with Gasteiger partial charge in [-0.15, -0.1) is 0 Å². The van der Waals surface area contributed by atoms with Crippen LogP contribution in [0.4, 0.5) is 0 Å². The number of rotatable bonds is 6. The third kappa shape index (κ3) is 4.60. The van der Waals surface area contributed by atoms with E-state index in [1.54, 1.807) is 0 Å². The van der Waals surface area contributed by atoms with Gasteiger partial charge in [-0.2, -0.15) is 0 Å². The van der Waals surface area contributed by atoms with E-state index in [1.807, 2.05) is 0 Å². The molecule has 1 fully saturated rings. The van der Waals surface area contributed by atoms with Gasteiger partial charge in [0.15, 0.2) is 0 Å². The second-order valence-corrected chi connectivity index (χ2v) is 6.22. The van der Waals surface area contributed by atoms with Crippen molar-refractivity contribution in [2.24, 2.45) is 29.4 Å². The average Bonchev–Trinajstić information content (AvgIpc) is 2.34. The smallest absolute Gasteiger partial charge is 0.223 e. The number of carbonyl (C=O) groups is 1. The highest BCUT2D eigenvalue weighted by molar-refractivity contribution is 5.79. The first-order valence-corrected chi connectivity index (χ1v) is 7.54. The van der Waals surface area contributed by atoms with Gasteiger partial charge in [-0.3, -0.25) is 4.79 Å². The lowest BCUT2D eigenvalue weighted by atomic mass is 9.70. The van der Waals surface area contributed by atoms with Gasteiger partial charge in [-0.05, 0) is 50.0 Å².